The molecule has 22 heavy (non-hydrogen) atoms. The van der Waals surface area contributed by atoms with E-state index in [4.69, 9.17) is 0 Å². The molecule has 4 nitrogen and oxygen atoms in total. The number of halogens is 1. The molecule has 2 heterocycles. The van der Waals surface area contributed by atoms with Gasteiger partial charge in [-0.3, -0.25) is 4.79 Å². The third kappa shape index (κ3) is 2.92. The van der Waals surface area contributed by atoms with Crippen LogP contribution in [-0.4, -0.2) is 15.5 Å². The zero-order valence-corrected chi connectivity index (χ0v) is 12.7. The molecular weight excluding hydrogens is 301 g/mol. The van der Waals surface area contributed by atoms with Crippen molar-refractivity contribution < 1.29 is 9.18 Å². The Labute approximate surface area is 131 Å². The lowest BCUT2D eigenvalue weighted by Gasteiger charge is -2.18. The average molecular weight is 315 g/mol. The summed E-state index contributed by atoms with van der Waals surface area (Å²) in [6, 6.07) is 9.22. The first kappa shape index (κ1) is 14.5. The molecule has 0 spiro atoms. The van der Waals surface area contributed by atoms with Gasteiger partial charge in [-0.25, -0.2) is 9.37 Å². The van der Waals surface area contributed by atoms with Gasteiger partial charge in [-0.15, -0.1) is 11.3 Å². The maximum absolute atomic E-state index is 13.2. The lowest BCUT2D eigenvalue weighted by molar-refractivity contribution is 0.0945. The number of aryl methyl sites for hydroxylation is 1. The van der Waals surface area contributed by atoms with Crippen molar-refractivity contribution in [3.8, 4) is 0 Å². The molecule has 6 heteroatoms. The summed E-state index contributed by atoms with van der Waals surface area (Å²) >= 11 is 1.37. The number of hydrogen-bond acceptors (Lipinski definition) is 3. The van der Waals surface area contributed by atoms with Crippen LogP contribution >= 0.6 is 11.3 Å². The summed E-state index contributed by atoms with van der Waals surface area (Å²) in [5.41, 5.74) is 0.778. The molecule has 0 aliphatic heterocycles. The Morgan fingerprint density at radius 2 is 2.09 bits per heavy atom. The van der Waals surface area contributed by atoms with E-state index in [2.05, 4.69) is 10.3 Å². The van der Waals surface area contributed by atoms with Gasteiger partial charge in [0.15, 0.2) is 0 Å². The second-order valence-electron chi connectivity index (χ2n) is 4.83. The Bertz CT molecular complexity index is 765. The highest BCUT2D eigenvalue weighted by Gasteiger charge is 2.21. The second kappa shape index (κ2) is 6.11. The first-order chi connectivity index (χ1) is 10.6. The molecule has 1 amide bonds. The van der Waals surface area contributed by atoms with Gasteiger partial charge >= 0.3 is 0 Å². The standard InChI is InChI=1S/C16H14FN3OS/c1-20-9-8-18-15(20)14(11-4-6-12(17)7-5-11)19-16(21)13-3-2-10-22-13/h2-10,14H,1H3,(H,19,21)/t14-/m1/s1. The van der Waals surface area contributed by atoms with Crippen LogP contribution in [0.4, 0.5) is 4.39 Å². The van der Waals surface area contributed by atoms with Gasteiger partial charge in [0.25, 0.3) is 5.91 Å². The van der Waals surface area contributed by atoms with Gasteiger partial charge in [0, 0.05) is 19.4 Å². The molecule has 3 rings (SSSR count). The molecule has 0 unspecified atom stereocenters. The monoisotopic (exact) mass is 315 g/mol. The van der Waals surface area contributed by atoms with E-state index in [9.17, 15) is 9.18 Å². The predicted molar refractivity (Wildman–Crippen MR) is 83.2 cm³/mol. The molecule has 0 aliphatic carbocycles. The minimum Gasteiger partial charge on any atom is -0.337 e. The van der Waals surface area contributed by atoms with Gasteiger partial charge in [-0.1, -0.05) is 18.2 Å². The van der Waals surface area contributed by atoms with Crippen molar-refractivity contribution >= 4 is 17.2 Å². The van der Waals surface area contributed by atoms with Crippen LogP contribution in [0.15, 0.2) is 54.2 Å². The van der Waals surface area contributed by atoms with E-state index in [1.807, 2.05) is 29.3 Å². The fourth-order valence-electron chi connectivity index (χ4n) is 2.22. The Hall–Kier alpha value is -2.47. The number of imidazole rings is 1. The number of nitrogens with zero attached hydrogens (tertiary/aromatic N) is 2. The quantitative estimate of drug-likeness (QED) is 0.804. The fraction of sp³-hybridized carbons (Fsp3) is 0.125. The number of benzene rings is 1. The maximum atomic E-state index is 13.2. The van der Waals surface area contributed by atoms with E-state index in [1.165, 1.54) is 23.5 Å². The Morgan fingerprint density at radius 3 is 2.68 bits per heavy atom. The Morgan fingerprint density at radius 1 is 1.32 bits per heavy atom. The molecule has 1 N–H and O–H groups in total. The van der Waals surface area contributed by atoms with Crippen LogP contribution in [0.1, 0.15) is 27.1 Å². The molecule has 2 aromatic heterocycles. The minimum absolute atomic E-state index is 0.174. The van der Waals surface area contributed by atoms with E-state index in [0.29, 0.717) is 10.7 Å². The smallest absolute Gasteiger partial charge is 0.262 e. The SMILES string of the molecule is Cn1ccnc1[C@H](NC(=O)c1cccs1)c1ccc(F)cc1. The van der Waals surface area contributed by atoms with Crippen molar-refractivity contribution in [1.29, 1.82) is 0 Å². The van der Waals surface area contributed by atoms with Crippen LogP contribution in [0.25, 0.3) is 0 Å². The van der Waals surface area contributed by atoms with Crippen molar-refractivity contribution in [3.05, 3.63) is 76.3 Å². The number of carbonyl (C=O) groups excluding carboxylic acids is 1. The summed E-state index contributed by atoms with van der Waals surface area (Å²) in [6.45, 7) is 0. The zero-order valence-electron chi connectivity index (χ0n) is 11.9. The van der Waals surface area contributed by atoms with E-state index in [1.54, 1.807) is 24.4 Å². The summed E-state index contributed by atoms with van der Waals surface area (Å²) in [5.74, 6) is 0.204. The largest absolute Gasteiger partial charge is 0.337 e. The van der Waals surface area contributed by atoms with Gasteiger partial charge in [0.2, 0.25) is 0 Å². The third-order valence-electron chi connectivity index (χ3n) is 3.34. The van der Waals surface area contributed by atoms with E-state index in [-0.39, 0.29) is 11.7 Å². The maximum Gasteiger partial charge on any atom is 0.262 e. The third-order valence-corrected chi connectivity index (χ3v) is 4.21. The topological polar surface area (TPSA) is 46.9 Å². The summed E-state index contributed by atoms with van der Waals surface area (Å²) < 4.78 is 15.0. The first-order valence-corrected chi connectivity index (χ1v) is 7.60. The highest BCUT2D eigenvalue weighted by molar-refractivity contribution is 7.12. The number of thiophene rings is 1. The summed E-state index contributed by atoms with van der Waals surface area (Å²) in [5, 5.41) is 4.81. The normalized spacial score (nSPS) is 12.1. The number of carbonyl (C=O) groups is 1. The van der Waals surface area contributed by atoms with E-state index < -0.39 is 6.04 Å². The van der Waals surface area contributed by atoms with Crippen LogP contribution in [0, 0.1) is 5.82 Å². The number of rotatable bonds is 4. The number of aromatic nitrogens is 2. The molecule has 0 saturated carbocycles. The molecule has 0 saturated heterocycles. The lowest BCUT2D eigenvalue weighted by atomic mass is 10.1. The Kier molecular flexibility index (Phi) is 4.02. The average Bonchev–Trinajstić information content (AvgIpc) is 3.17. The molecule has 0 radical (unpaired) electrons. The zero-order chi connectivity index (χ0) is 15.5. The minimum atomic E-state index is -0.435. The molecule has 1 atom stereocenters. The van der Waals surface area contributed by atoms with Crippen molar-refractivity contribution in [2.24, 2.45) is 7.05 Å². The molecule has 0 bridgehead atoms. The molecule has 0 aliphatic rings. The van der Waals surface area contributed by atoms with Crippen LogP contribution in [0.2, 0.25) is 0 Å². The van der Waals surface area contributed by atoms with Gasteiger partial charge < -0.3 is 9.88 Å². The Balaban J connectivity index is 1.95. The highest BCUT2D eigenvalue weighted by atomic mass is 32.1. The van der Waals surface area contributed by atoms with Gasteiger partial charge in [0.1, 0.15) is 17.7 Å². The summed E-state index contributed by atoms with van der Waals surface area (Å²) in [4.78, 5) is 17.3. The van der Waals surface area contributed by atoms with Crippen LogP contribution in [-0.2, 0) is 7.05 Å². The van der Waals surface area contributed by atoms with E-state index >= 15 is 0 Å². The highest BCUT2D eigenvalue weighted by Crippen LogP contribution is 2.22. The first-order valence-electron chi connectivity index (χ1n) is 6.72. The lowest BCUT2D eigenvalue weighted by Crippen LogP contribution is -2.30. The van der Waals surface area contributed by atoms with Gasteiger partial charge in [0.05, 0.1) is 4.88 Å². The van der Waals surface area contributed by atoms with Crippen LogP contribution < -0.4 is 5.32 Å². The second-order valence-corrected chi connectivity index (χ2v) is 5.78. The molecule has 0 fully saturated rings. The van der Waals surface area contributed by atoms with E-state index in [0.717, 1.165) is 5.56 Å². The number of amides is 1. The molecular formula is C16H14FN3OS. The number of hydrogen-bond donors (Lipinski definition) is 1. The summed E-state index contributed by atoms with van der Waals surface area (Å²) in [7, 11) is 1.86. The van der Waals surface area contributed by atoms with Crippen molar-refractivity contribution in [2.45, 2.75) is 6.04 Å². The predicted octanol–water partition coefficient (Wildman–Crippen LogP) is 3.14. The van der Waals surface area contributed by atoms with Crippen molar-refractivity contribution in [1.82, 2.24) is 14.9 Å². The summed E-state index contributed by atoms with van der Waals surface area (Å²) in [6.07, 6.45) is 3.48. The van der Waals surface area contributed by atoms with Crippen LogP contribution in [0.5, 0.6) is 0 Å². The number of nitrogens with one attached hydrogen (secondary N) is 1. The van der Waals surface area contributed by atoms with Crippen molar-refractivity contribution in [2.75, 3.05) is 0 Å². The fourth-order valence-corrected chi connectivity index (χ4v) is 2.84. The molecule has 1 aromatic carbocycles. The molecule has 112 valence electrons. The molecule has 3 aromatic rings. The van der Waals surface area contributed by atoms with Crippen molar-refractivity contribution in [3.63, 3.8) is 0 Å². The van der Waals surface area contributed by atoms with Gasteiger partial charge in [-0.05, 0) is 29.1 Å². The van der Waals surface area contributed by atoms with Gasteiger partial charge in [-0.2, -0.15) is 0 Å². The van der Waals surface area contributed by atoms with Crippen LogP contribution in [0.3, 0.4) is 0 Å².